The van der Waals surface area contributed by atoms with Crippen LogP contribution < -0.4 is 15.6 Å². The molecule has 0 aliphatic heterocycles. The van der Waals surface area contributed by atoms with E-state index in [9.17, 15) is 22.4 Å². The van der Waals surface area contributed by atoms with Gasteiger partial charge in [0.05, 0.1) is 10.6 Å². The second-order valence-corrected chi connectivity index (χ2v) is 8.75. The number of thioether (sulfide) groups is 1. The molecule has 3 N–H and O–H groups in total. The van der Waals surface area contributed by atoms with Crippen LogP contribution in [0.1, 0.15) is 24.2 Å². The van der Waals surface area contributed by atoms with Gasteiger partial charge in [0.2, 0.25) is 15.9 Å². The monoisotopic (exact) mass is 425 g/mol. The number of carbonyl (C=O) groups excluding carboxylic acids is 2. The van der Waals surface area contributed by atoms with Gasteiger partial charge in [-0.25, -0.2) is 17.5 Å². The number of halogens is 1. The number of rotatable bonds is 7. The third-order valence-corrected chi connectivity index (χ3v) is 6.05. The second-order valence-electron chi connectivity index (χ2n) is 6.02. The van der Waals surface area contributed by atoms with Crippen molar-refractivity contribution in [1.82, 2.24) is 15.6 Å². The summed E-state index contributed by atoms with van der Waals surface area (Å²) < 4.78 is 40.0. The van der Waals surface area contributed by atoms with Crippen LogP contribution in [0.2, 0.25) is 0 Å². The SMILES string of the molecule is CC(C)NS(=O)(=O)c1ccc(C(=O)NNC(=O)CSc2ccccc2F)cc1. The maximum atomic E-state index is 13.5. The first-order valence-electron chi connectivity index (χ1n) is 8.28. The molecule has 28 heavy (non-hydrogen) atoms. The molecule has 0 radical (unpaired) electrons. The number of amides is 2. The number of carbonyl (C=O) groups is 2. The minimum Gasteiger partial charge on any atom is -0.272 e. The van der Waals surface area contributed by atoms with Gasteiger partial charge in [0.1, 0.15) is 5.82 Å². The highest BCUT2D eigenvalue weighted by atomic mass is 32.2. The topological polar surface area (TPSA) is 104 Å². The summed E-state index contributed by atoms with van der Waals surface area (Å²) in [5.74, 6) is -1.63. The second kappa shape index (κ2) is 9.67. The molecular weight excluding hydrogens is 405 g/mol. The Balaban J connectivity index is 1.87. The Morgan fingerprint density at radius 1 is 1.04 bits per heavy atom. The van der Waals surface area contributed by atoms with Crippen molar-refractivity contribution in [1.29, 1.82) is 0 Å². The molecule has 0 aromatic heterocycles. The van der Waals surface area contributed by atoms with Crippen molar-refractivity contribution in [3.8, 4) is 0 Å². The molecule has 2 amide bonds. The smallest absolute Gasteiger partial charge is 0.269 e. The van der Waals surface area contributed by atoms with Crippen LogP contribution in [0, 0.1) is 5.82 Å². The first-order chi connectivity index (χ1) is 13.2. The Morgan fingerprint density at radius 2 is 1.68 bits per heavy atom. The fraction of sp³-hybridized carbons (Fsp3) is 0.222. The van der Waals surface area contributed by atoms with Crippen molar-refractivity contribution in [2.75, 3.05) is 5.75 Å². The highest BCUT2D eigenvalue weighted by Crippen LogP contribution is 2.20. The van der Waals surface area contributed by atoms with E-state index in [1.54, 1.807) is 32.0 Å². The Kier molecular flexibility index (Phi) is 7.55. The molecule has 10 heteroatoms. The van der Waals surface area contributed by atoms with Crippen molar-refractivity contribution in [2.24, 2.45) is 0 Å². The molecule has 0 fully saturated rings. The zero-order chi connectivity index (χ0) is 20.7. The minimum absolute atomic E-state index is 0.0306. The van der Waals surface area contributed by atoms with Crippen LogP contribution >= 0.6 is 11.8 Å². The minimum atomic E-state index is -3.65. The molecule has 2 rings (SSSR count). The van der Waals surface area contributed by atoms with Crippen LogP contribution in [0.15, 0.2) is 58.3 Å². The number of sulfonamides is 1. The van der Waals surface area contributed by atoms with Gasteiger partial charge >= 0.3 is 0 Å². The Morgan fingerprint density at radius 3 is 2.29 bits per heavy atom. The lowest BCUT2D eigenvalue weighted by molar-refractivity contribution is -0.119. The van der Waals surface area contributed by atoms with Crippen LogP contribution in [0.3, 0.4) is 0 Å². The molecule has 0 aliphatic carbocycles. The van der Waals surface area contributed by atoms with Crippen LogP contribution in [-0.4, -0.2) is 32.0 Å². The lowest BCUT2D eigenvalue weighted by Gasteiger charge is -2.10. The van der Waals surface area contributed by atoms with Gasteiger partial charge in [0.25, 0.3) is 5.91 Å². The van der Waals surface area contributed by atoms with E-state index in [1.807, 2.05) is 0 Å². The Labute approximate surface area is 167 Å². The van der Waals surface area contributed by atoms with E-state index in [0.29, 0.717) is 4.90 Å². The van der Waals surface area contributed by atoms with Crippen LogP contribution in [-0.2, 0) is 14.8 Å². The number of benzene rings is 2. The van der Waals surface area contributed by atoms with Crippen LogP contribution in [0.5, 0.6) is 0 Å². The molecule has 0 aliphatic rings. The molecule has 0 spiro atoms. The van der Waals surface area contributed by atoms with E-state index >= 15 is 0 Å². The number of nitrogens with one attached hydrogen (secondary N) is 3. The molecule has 0 saturated carbocycles. The fourth-order valence-electron chi connectivity index (χ4n) is 2.10. The quantitative estimate of drug-likeness (QED) is 0.465. The predicted octanol–water partition coefficient (Wildman–Crippen LogP) is 2.07. The van der Waals surface area contributed by atoms with Crippen LogP contribution in [0.4, 0.5) is 4.39 Å². The molecule has 0 saturated heterocycles. The zero-order valence-electron chi connectivity index (χ0n) is 15.2. The average Bonchev–Trinajstić information content (AvgIpc) is 2.64. The summed E-state index contributed by atoms with van der Waals surface area (Å²) in [4.78, 5) is 24.2. The van der Waals surface area contributed by atoms with Gasteiger partial charge in [-0.3, -0.25) is 20.4 Å². The van der Waals surface area contributed by atoms with Crippen molar-refractivity contribution >= 4 is 33.6 Å². The summed E-state index contributed by atoms with van der Waals surface area (Å²) in [6.07, 6.45) is 0. The van der Waals surface area contributed by atoms with Crippen molar-refractivity contribution in [3.05, 3.63) is 59.9 Å². The third-order valence-electron chi connectivity index (χ3n) is 3.33. The highest BCUT2D eigenvalue weighted by molar-refractivity contribution is 8.00. The lowest BCUT2D eigenvalue weighted by Crippen LogP contribution is -2.42. The van der Waals surface area contributed by atoms with Crippen LogP contribution in [0.25, 0.3) is 0 Å². The summed E-state index contributed by atoms with van der Waals surface area (Å²) in [6, 6.07) is 11.1. The summed E-state index contributed by atoms with van der Waals surface area (Å²) in [5.41, 5.74) is 4.63. The maximum Gasteiger partial charge on any atom is 0.269 e. The van der Waals surface area contributed by atoms with Crippen molar-refractivity contribution in [3.63, 3.8) is 0 Å². The summed E-state index contributed by atoms with van der Waals surface area (Å²) in [5, 5.41) is 0. The van der Waals surface area contributed by atoms with E-state index in [1.165, 1.54) is 30.3 Å². The number of hydrazine groups is 1. The molecule has 0 heterocycles. The normalized spacial score (nSPS) is 11.3. The number of hydrogen-bond acceptors (Lipinski definition) is 5. The van der Waals surface area contributed by atoms with E-state index in [-0.39, 0.29) is 22.3 Å². The van der Waals surface area contributed by atoms with E-state index in [4.69, 9.17) is 0 Å². The first kappa shape index (κ1) is 21.9. The molecule has 0 bridgehead atoms. The van der Waals surface area contributed by atoms with E-state index in [0.717, 1.165) is 11.8 Å². The Bertz CT molecular complexity index is 948. The first-order valence-corrected chi connectivity index (χ1v) is 10.7. The van der Waals surface area contributed by atoms with E-state index < -0.39 is 27.7 Å². The van der Waals surface area contributed by atoms with Gasteiger partial charge in [0, 0.05) is 16.5 Å². The average molecular weight is 426 g/mol. The molecule has 2 aromatic rings. The summed E-state index contributed by atoms with van der Waals surface area (Å²) in [6.45, 7) is 3.40. The fourth-order valence-corrected chi connectivity index (χ4v) is 4.09. The predicted molar refractivity (Wildman–Crippen MR) is 105 cm³/mol. The maximum absolute atomic E-state index is 13.5. The largest absolute Gasteiger partial charge is 0.272 e. The zero-order valence-corrected chi connectivity index (χ0v) is 16.9. The summed E-state index contributed by atoms with van der Waals surface area (Å²) >= 11 is 1.00. The molecule has 0 atom stereocenters. The van der Waals surface area contributed by atoms with Gasteiger partial charge in [-0.2, -0.15) is 0 Å². The molecule has 7 nitrogen and oxygen atoms in total. The lowest BCUT2D eigenvalue weighted by atomic mass is 10.2. The van der Waals surface area contributed by atoms with Gasteiger partial charge in [-0.15, -0.1) is 11.8 Å². The standard InChI is InChI=1S/C18H20FN3O4S2/c1-12(2)22-28(25,26)14-9-7-13(8-10-14)18(24)21-20-17(23)11-27-16-6-4-3-5-15(16)19/h3-10,12,22H,11H2,1-2H3,(H,20,23)(H,21,24). The third kappa shape index (κ3) is 6.32. The van der Waals surface area contributed by atoms with Gasteiger partial charge < -0.3 is 0 Å². The highest BCUT2D eigenvalue weighted by Gasteiger charge is 2.16. The summed E-state index contributed by atoms with van der Waals surface area (Å²) in [7, 11) is -3.65. The number of hydrogen-bond donors (Lipinski definition) is 3. The van der Waals surface area contributed by atoms with Gasteiger partial charge in [-0.1, -0.05) is 12.1 Å². The molecule has 0 unspecified atom stereocenters. The van der Waals surface area contributed by atoms with Gasteiger partial charge in [-0.05, 0) is 50.2 Å². The Hall–Kier alpha value is -2.43. The van der Waals surface area contributed by atoms with E-state index in [2.05, 4.69) is 15.6 Å². The molecule has 150 valence electrons. The van der Waals surface area contributed by atoms with Gasteiger partial charge in [0.15, 0.2) is 0 Å². The molecular formula is C18H20FN3O4S2. The van der Waals surface area contributed by atoms with Crippen molar-refractivity contribution in [2.45, 2.75) is 29.7 Å². The van der Waals surface area contributed by atoms with Crippen molar-refractivity contribution < 1.29 is 22.4 Å². The molecule has 2 aromatic carbocycles.